The lowest BCUT2D eigenvalue weighted by molar-refractivity contribution is -0.123. The van der Waals surface area contributed by atoms with Crippen LogP contribution in [-0.2, 0) is 9.59 Å². The normalized spacial score (nSPS) is 10.5. The van der Waals surface area contributed by atoms with Gasteiger partial charge in [0.05, 0.1) is 0 Å². The summed E-state index contributed by atoms with van der Waals surface area (Å²) in [6.45, 7) is 8.57. The van der Waals surface area contributed by atoms with Crippen LogP contribution in [0.25, 0.3) is 0 Å². The molecule has 2 amide bonds. The lowest BCUT2D eigenvalue weighted by Crippen LogP contribution is -2.34. The number of benzene rings is 2. The maximum atomic E-state index is 12.0. The van der Waals surface area contributed by atoms with E-state index < -0.39 is 0 Å². The average molecular weight is 556 g/mol. The van der Waals surface area contributed by atoms with E-state index in [1.807, 2.05) is 52.0 Å². The summed E-state index contributed by atoms with van der Waals surface area (Å²) in [5.41, 5.74) is 3.88. The van der Waals surface area contributed by atoms with Crippen molar-refractivity contribution in [3.63, 3.8) is 0 Å². The number of aryl methyl sites for hydroxylation is 4. The fourth-order valence-corrected chi connectivity index (χ4v) is 4.55. The lowest BCUT2D eigenvalue weighted by Gasteiger charge is -2.13. The zero-order valence-electron chi connectivity index (χ0n) is 18.2. The largest absolute Gasteiger partial charge is 0.483 e. The number of hydrogen-bond acceptors (Lipinski definition) is 4. The molecule has 0 aromatic heterocycles. The van der Waals surface area contributed by atoms with Crippen molar-refractivity contribution in [1.82, 2.24) is 10.6 Å². The SMILES string of the molecule is Cc1cc(Br)cc(C)c1OCC(=O)NCCCNC(=O)COc1c(C)cc(Br)cc1C. The van der Waals surface area contributed by atoms with Crippen LogP contribution in [0.5, 0.6) is 11.5 Å². The molecule has 2 aromatic carbocycles. The highest BCUT2D eigenvalue weighted by Gasteiger charge is 2.10. The summed E-state index contributed by atoms with van der Waals surface area (Å²) >= 11 is 6.88. The summed E-state index contributed by atoms with van der Waals surface area (Å²) in [5.74, 6) is 1.05. The highest BCUT2D eigenvalue weighted by molar-refractivity contribution is 9.10. The van der Waals surface area contributed by atoms with Crippen molar-refractivity contribution in [3.8, 4) is 11.5 Å². The van der Waals surface area contributed by atoms with E-state index >= 15 is 0 Å². The van der Waals surface area contributed by atoms with Crippen molar-refractivity contribution in [3.05, 3.63) is 55.5 Å². The second kappa shape index (κ2) is 12.1. The van der Waals surface area contributed by atoms with E-state index in [0.717, 1.165) is 42.7 Å². The molecule has 0 heterocycles. The molecule has 0 saturated carbocycles. The van der Waals surface area contributed by atoms with Crippen molar-refractivity contribution >= 4 is 43.7 Å². The first kappa shape index (κ1) is 25.2. The van der Waals surface area contributed by atoms with E-state index in [0.29, 0.717) is 19.5 Å². The zero-order valence-corrected chi connectivity index (χ0v) is 21.4. The number of carbonyl (C=O) groups excluding carboxylic acids is 2. The van der Waals surface area contributed by atoms with Crippen molar-refractivity contribution in [2.24, 2.45) is 0 Å². The van der Waals surface area contributed by atoms with E-state index in [1.54, 1.807) is 0 Å². The van der Waals surface area contributed by atoms with E-state index in [4.69, 9.17) is 9.47 Å². The first-order chi connectivity index (χ1) is 14.7. The number of hydrogen-bond donors (Lipinski definition) is 2. The average Bonchev–Trinajstić information content (AvgIpc) is 2.66. The molecule has 0 radical (unpaired) electrons. The van der Waals surface area contributed by atoms with Crippen LogP contribution in [0.4, 0.5) is 0 Å². The van der Waals surface area contributed by atoms with Crippen LogP contribution in [0.3, 0.4) is 0 Å². The molecule has 31 heavy (non-hydrogen) atoms. The Bertz CT molecular complexity index is 826. The van der Waals surface area contributed by atoms with Gasteiger partial charge in [-0.1, -0.05) is 31.9 Å². The molecular weight excluding hydrogens is 528 g/mol. The third kappa shape index (κ3) is 8.18. The van der Waals surface area contributed by atoms with E-state index in [-0.39, 0.29) is 25.0 Å². The van der Waals surface area contributed by atoms with Gasteiger partial charge in [-0.05, 0) is 80.6 Å². The van der Waals surface area contributed by atoms with Gasteiger partial charge in [-0.2, -0.15) is 0 Å². The van der Waals surface area contributed by atoms with E-state index in [9.17, 15) is 9.59 Å². The van der Waals surface area contributed by atoms with Crippen molar-refractivity contribution in [2.75, 3.05) is 26.3 Å². The molecule has 0 fully saturated rings. The van der Waals surface area contributed by atoms with Gasteiger partial charge in [-0.3, -0.25) is 9.59 Å². The van der Waals surface area contributed by atoms with E-state index in [1.165, 1.54) is 0 Å². The van der Waals surface area contributed by atoms with E-state index in [2.05, 4.69) is 42.5 Å². The highest BCUT2D eigenvalue weighted by Crippen LogP contribution is 2.28. The number of ether oxygens (including phenoxy) is 2. The molecular formula is C23H28Br2N2O4. The Morgan fingerprint density at radius 1 is 0.710 bits per heavy atom. The zero-order chi connectivity index (χ0) is 23.0. The summed E-state index contributed by atoms with van der Waals surface area (Å²) < 4.78 is 13.3. The van der Waals surface area contributed by atoms with Gasteiger partial charge in [0.1, 0.15) is 11.5 Å². The summed E-state index contributed by atoms with van der Waals surface area (Å²) in [5, 5.41) is 5.59. The van der Waals surface area contributed by atoms with Gasteiger partial charge in [-0.25, -0.2) is 0 Å². The molecule has 2 aromatic rings. The molecule has 0 spiro atoms. The number of halogens is 2. The van der Waals surface area contributed by atoms with Crippen LogP contribution >= 0.6 is 31.9 Å². The number of amides is 2. The number of rotatable bonds is 10. The van der Waals surface area contributed by atoms with Gasteiger partial charge < -0.3 is 20.1 Å². The van der Waals surface area contributed by atoms with Gasteiger partial charge in [0.25, 0.3) is 11.8 Å². The van der Waals surface area contributed by atoms with Crippen LogP contribution in [0.15, 0.2) is 33.2 Å². The first-order valence-corrected chi connectivity index (χ1v) is 11.6. The minimum Gasteiger partial charge on any atom is -0.483 e. The maximum absolute atomic E-state index is 12.0. The Morgan fingerprint density at radius 3 is 1.35 bits per heavy atom. The molecule has 0 unspecified atom stereocenters. The van der Waals surface area contributed by atoms with Gasteiger partial charge in [0.2, 0.25) is 0 Å². The van der Waals surface area contributed by atoms with Crippen LogP contribution < -0.4 is 20.1 Å². The lowest BCUT2D eigenvalue weighted by atomic mass is 10.1. The Kier molecular flexibility index (Phi) is 9.84. The molecule has 2 rings (SSSR count). The van der Waals surface area contributed by atoms with Gasteiger partial charge in [-0.15, -0.1) is 0 Å². The second-order valence-corrected chi connectivity index (χ2v) is 9.20. The monoisotopic (exact) mass is 554 g/mol. The third-order valence-electron chi connectivity index (χ3n) is 4.54. The Hall–Kier alpha value is -2.06. The molecule has 168 valence electrons. The minimum absolute atomic E-state index is 0.0462. The molecule has 0 bridgehead atoms. The van der Waals surface area contributed by atoms with Crippen LogP contribution in [0.1, 0.15) is 28.7 Å². The van der Waals surface area contributed by atoms with Crippen molar-refractivity contribution < 1.29 is 19.1 Å². The standard InChI is InChI=1S/C23H28Br2N2O4/c1-14-8-18(24)9-15(2)22(14)30-12-20(28)26-6-5-7-27-21(29)13-31-23-16(3)10-19(25)11-17(23)4/h8-11H,5-7,12-13H2,1-4H3,(H,26,28)(H,27,29). The van der Waals surface area contributed by atoms with Gasteiger partial charge in [0.15, 0.2) is 13.2 Å². The second-order valence-electron chi connectivity index (χ2n) is 7.37. The summed E-state index contributed by atoms with van der Waals surface area (Å²) in [7, 11) is 0. The Labute approximate surface area is 200 Å². The van der Waals surface area contributed by atoms with Crippen LogP contribution in [0.2, 0.25) is 0 Å². The molecule has 8 heteroatoms. The smallest absolute Gasteiger partial charge is 0.257 e. The molecule has 0 aliphatic rings. The molecule has 6 nitrogen and oxygen atoms in total. The van der Waals surface area contributed by atoms with Gasteiger partial charge in [0, 0.05) is 22.0 Å². The molecule has 2 N–H and O–H groups in total. The summed E-state index contributed by atoms with van der Waals surface area (Å²) in [4.78, 5) is 24.0. The molecule has 0 aliphatic heterocycles. The quantitative estimate of drug-likeness (QED) is 0.422. The fraction of sp³-hybridized carbons (Fsp3) is 0.391. The minimum atomic E-state index is -0.197. The third-order valence-corrected chi connectivity index (χ3v) is 5.46. The number of nitrogens with one attached hydrogen (secondary N) is 2. The maximum Gasteiger partial charge on any atom is 0.257 e. The predicted molar refractivity (Wildman–Crippen MR) is 129 cm³/mol. The van der Waals surface area contributed by atoms with Crippen LogP contribution in [0, 0.1) is 27.7 Å². The summed E-state index contributed by atoms with van der Waals surface area (Å²) in [6, 6.07) is 7.80. The fourth-order valence-electron chi connectivity index (χ4n) is 3.17. The first-order valence-electron chi connectivity index (χ1n) is 10.00. The Morgan fingerprint density at radius 2 is 1.03 bits per heavy atom. The molecule has 0 atom stereocenters. The highest BCUT2D eigenvalue weighted by atomic mass is 79.9. The number of carbonyl (C=O) groups is 2. The van der Waals surface area contributed by atoms with Gasteiger partial charge >= 0.3 is 0 Å². The van der Waals surface area contributed by atoms with Crippen molar-refractivity contribution in [2.45, 2.75) is 34.1 Å². The molecule has 0 aliphatic carbocycles. The molecule has 0 saturated heterocycles. The predicted octanol–water partition coefficient (Wildman–Crippen LogP) is 4.53. The van der Waals surface area contributed by atoms with Crippen LogP contribution in [-0.4, -0.2) is 38.1 Å². The Balaban J connectivity index is 1.62. The topological polar surface area (TPSA) is 76.7 Å². The van der Waals surface area contributed by atoms with Crippen molar-refractivity contribution in [1.29, 1.82) is 0 Å². The summed E-state index contributed by atoms with van der Waals surface area (Å²) in [6.07, 6.45) is 0.615.